The van der Waals surface area contributed by atoms with E-state index in [1.807, 2.05) is 18.4 Å². The number of rotatable bonds is 5. The highest BCUT2D eigenvalue weighted by Gasteiger charge is 2.33. The molecule has 1 fully saturated rings. The molecule has 0 spiro atoms. The Hall–Kier alpha value is -1.18. The summed E-state index contributed by atoms with van der Waals surface area (Å²) < 4.78 is 0. The molecule has 0 aliphatic heterocycles. The molecule has 19 heavy (non-hydrogen) atoms. The van der Waals surface area contributed by atoms with E-state index < -0.39 is 0 Å². The number of benzene rings is 1. The van der Waals surface area contributed by atoms with Crippen LogP contribution in [-0.2, 0) is 0 Å². The number of hydrogen-bond acceptors (Lipinski definition) is 3. The van der Waals surface area contributed by atoms with Gasteiger partial charge >= 0.3 is 0 Å². The fourth-order valence-electron chi connectivity index (χ4n) is 1.96. The summed E-state index contributed by atoms with van der Waals surface area (Å²) in [4.78, 5) is 15.3. The molecule has 0 radical (unpaired) electrons. The average molecular weight is 295 g/mol. The molecule has 1 amide bonds. The number of amides is 1. The molecule has 1 aromatic carbocycles. The minimum Gasteiger partial charge on any atom is -0.335 e. The molecule has 0 unspecified atom stereocenters. The third-order valence-electron chi connectivity index (χ3n) is 3.12. The number of carbonyl (C=O) groups is 1. The van der Waals surface area contributed by atoms with Crippen LogP contribution in [0.4, 0.5) is 0 Å². The van der Waals surface area contributed by atoms with Gasteiger partial charge in [-0.05, 0) is 37.3 Å². The first-order chi connectivity index (χ1) is 9.17. The van der Waals surface area contributed by atoms with Gasteiger partial charge in [-0.3, -0.25) is 4.79 Å². The van der Waals surface area contributed by atoms with Crippen LogP contribution >= 0.6 is 23.4 Å². The molecule has 5 heteroatoms. The SMILES string of the molecule is CSc1ccc(Cl)c(C(=O)N(CCC#N)C2CC2)c1. The monoisotopic (exact) mass is 294 g/mol. The molecule has 0 heterocycles. The van der Waals surface area contributed by atoms with Crippen molar-refractivity contribution >= 4 is 29.3 Å². The molecule has 0 atom stereocenters. The summed E-state index contributed by atoms with van der Waals surface area (Å²) in [5.41, 5.74) is 0.540. The van der Waals surface area contributed by atoms with Gasteiger partial charge in [0, 0.05) is 17.5 Å². The van der Waals surface area contributed by atoms with E-state index in [2.05, 4.69) is 6.07 Å². The summed E-state index contributed by atoms with van der Waals surface area (Å²) in [7, 11) is 0. The lowest BCUT2D eigenvalue weighted by Gasteiger charge is -2.22. The van der Waals surface area contributed by atoms with Gasteiger partial charge in [-0.15, -0.1) is 11.8 Å². The number of hydrogen-bond donors (Lipinski definition) is 0. The maximum absolute atomic E-state index is 12.5. The summed E-state index contributed by atoms with van der Waals surface area (Å²) >= 11 is 7.71. The molecule has 1 aliphatic rings. The van der Waals surface area contributed by atoms with Crippen molar-refractivity contribution in [1.29, 1.82) is 5.26 Å². The van der Waals surface area contributed by atoms with Crippen molar-refractivity contribution in [2.24, 2.45) is 0 Å². The zero-order chi connectivity index (χ0) is 13.8. The summed E-state index contributed by atoms with van der Waals surface area (Å²) in [6.07, 6.45) is 4.38. The number of halogens is 1. The third kappa shape index (κ3) is 3.43. The standard InChI is InChI=1S/C14H15ClN2OS/c1-19-11-5-6-13(15)12(9-11)14(18)17(8-2-7-16)10-3-4-10/h5-6,9-10H,2-4,8H2,1H3. The molecule has 0 aromatic heterocycles. The predicted octanol–water partition coefficient (Wildman–Crippen LogP) is 3.58. The van der Waals surface area contributed by atoms with Crippen molar-refractivity contribution in [2.45, 2.75) is 30.2 Å². The first kappa shape index (κ1) is 14.2. The summed E-state index contributed by atoms with van der Waals surface area (Å²) in [6, 6.07) is 7.87. The first-order valence-corrected chi connectivity index (χ1v) is 7.79. The normalized spacial score (nSPS) is 13.9. The van der Waals surface area contributed by atoms with E-state index in [0.29, 0.717) is 23.6 Å². The first-order valence-electron chi connectivity index (χ1n) is 6.19. The van der Waals surface area contributed by atoms with E-state index in [4.69, 9.17) is 16.9 Å². The van der Waals surface area contributed by atoms with E-state index in [1.54, 1.807) is 22.7 Å². The van der Waals surface area contributed by atoms with Crippen LogP contribution in [0.5, 0.6) is 0 Å². The Bertz CT molecular complexity index is 523. The molecule has 0 N–H and O–H groups in total. The lowest BCUT2D eigenvalue weighted by atomic mass is 10.2. The van der Waals surface area contributed by atoms with Gasteiger partial charge in [-0.2, -0.15) is 5.26 Å². The van der Waals surface area contributed by atoms with Crippen molar-refractivity contribution in [1.82, 2.24) is 4.90 Å². The molecule has 3 nitrogen and oxygen atoms in total. The van der Waals surface area contributed by atoms with Crippen LogP contribution in [-0.4, -0.2) is 29.6 Å². The second-order valence-electron chi connectivity index (χ2n) is 4.48. The number of nitrogens with zero attached hydrogens (tertiary/aromatic N) is 2. The predicted molar refractivity (Wildman–Crippen MR) is 77.5 cm³/mol. The van der Waals surface area contributed by atoms with Crippen molar-refractivity contribution < 1.29 is 4.79 Å². The Morgan fingerprint density at radius 3 is 2.89 bits per heavy atom. The fraction of sp³-hybridized carbons (Fsp3) is 0.429. The summed E-state index contributed by atoms with van der Waals surface area (Å²) in [5, 5.41) is 9.17. The topological polar surface area (TPSA) is 44.1 Å². The van der Waals surface area contributed by atoms with Crippen LogP contribution in [0.25, 0.3) is 0 Å². The molecule has 0 bridgehead atoms. The Morgan fingerprint density at radius 2 is 2.32 bits per heavy atom. The molecule has 1 aliphatic carbocycles. The maximum atomic E-state index is 12.5. The largest absolute Gasteiger partial charge is 0.335 e. The van der Waals surface area contributed by atoms with Gasteiger partial charge in [0.1, 0.15) is 0 Å². The van der Waals surface area contributed by atoms with Gasteiger partial charge in [0.25, 0.3) is 5.91 Å². The highest BCUT2D eigenvalue weighted by molar-refractivity contribution is 7.98. The van der Waals surface area contributed by atoms with Gasteiger partial charge < -0.3 is 4.90 Å². The molecule has 100 valence electrons. The van der Waals surface area contributed by atoms with E-state index in [1.165, 1.54) is 0 Å². The average Bonchev–Trinajstić information content (AvgIpc) is 3.24. The molecule has 1 aromatic rings. The van der Waals surface area contributed by atoms with Crippen LogP contribution in [0.3, 0.4) is 0 Å². The van der Waals surface area contributed by atoms with Crippen LogP contribution < -0.4 is 0 Å². The Morgan fingerprint density at radius 1 is 1.58 bits per heavy atom. The molecular formula is C14H15ClN2OS. The Balaban J connectivity index is 2.23. The number of carbonyl (C=O) groups excluding carboxylic acids is 1. The van der Waals surface area contributed by atoms with Gasteiger partial charge in [0.15, 0.2) is 0 Å². The van der Waals surface area contributed by atoms with Crippen LogP contribution in [0.1, 0.15) is 29.6 Å². The molecule has 1 saturated carbocycles. The molecule has 0 saturated heterocycles. The van der Waals surface area contributed by atoms with E-state index in [0.717, 1.165) is 17.7 Å². The molecular weight excluding hydrogens is 280 g/mol. The van der Waals surface area contributed by atoms with Crippen molar-refractivity contribution in [3.8, 4) is 6.07 Å². The lowest BCUT2D eigenvalue weighted by Crippen LogP contribution is -2.34. The van der Waals surface area contributed by atoms with Gasteiger partial charge in [0.2, 0.25) is 0 Å². The third-order valence-corrected chi connectivity index (χ3v) is 4.17. The second-order valence-corrected chi connectivity index (χ2v) is 5.77. The summed E-state index contributed by atoms with van der Waals surface area (Å²) in [6.45, 7) is 0.486. The zero-order valence-electron chi connectivity index (χ0n) is 10.7. The highest BCUT2D eigenvalue weighted by Crippen LogP contribution is 2.31. The smallest absolute Gasteiger partial charge is 0.255 e. The van der Waals surface area contributed by atoms with Crippen LogP contribution in [0, 0.1) is 11.3 Å². The maximum Gasteiger partial charge on any atom is 0.255 e. The quantitative estimate of drug-likeness (QED) is 0.780. The molecule has 2 rings (SSSR count). The highest BCUT2D eigenvalue weighted by atomic mass is 35.5. The number of thioether (sulfide) groups is 1. The fourth-order valence-corrected chi connectivity index (χ4v) is 2.59. The van der Waals surface area contributed by atoms with Gasteiger partial charge in [-0.25, -0.2) is 0 Å². The van der Waals surface area contributed by atoms with E-state index in [9.17, 15) is 4.79 Å². The summed E-state index contributed by atoms with van der Waals surface area (Å²) in [5.74, 6) is -0.0568. The minimum absolute atomic E-state index is 0.0568. The van der Waals surface area contributed by atoms with Crippen LogP contribution in [0.15, 0.2) is 23.1 Å². The lowest BCUT2D eigenvalue weighted by molar-refractivity contribution is 0.0747. The Labute approximate surface area is 122 Å². The van der Waals surface area contributed by atoms with Gasteiger partial charge in [-0.1, -0.05) is 11.6 Å². The minimum atomic E-state index is -0.0568. The van der Waals surface area contributed by atoms with Crippen molar-refractivity contribution in [2.75, 3.05) is 12.8 Å². The zero-order valence-corrected chi connectivity index (χ0v) is 12.3. The van der Waals surface area contributed by atoms with Gasteiger partial charge in [0.05, 0.1) is 23.1 Å². The number of nitriles is 1. The van der Waals surface area contributed by atoms with E-state index in [-0.39, 0.29) is 11.9 Å². The van der Waals surface area contributed by atoms with Crippen LogP contribution in [0.2, 0.25) is 5.02 Å². The van der Waals surface area contributed by atoms with Crippen molar-refractivity contribution in [3.63, 3.8) is 0 Å². The Kier molecular flexibility index (Phi) is 4.73. The van der Waals surface area contributed by atoms with E-state index >= 15 is 0 Å². The van der Waals surface area contributed by atoms with Crippen molar-refractivity contribution in [3.05, 3.63) is 28.8 Å². The second kappa shape index (κ2) is 6.31.